The Morgan fingerprint density at radius 1 is 1.30 bits per heavy atom. The molecule has 1 saturated heterocycles. The molecule has 0 radical (unpaired) electrons. The van der Waals surface area contributed by atoms with Gasteiger partial charge < -0.3 is 4.90 Å². The third-order valence-electron chi connectivity index (χ3n) is 3.70. The van der Waals surface area contributed by atoms with E-state index in [9.17, 15) is 35.6 Å². The van der Waals surface area contributed by atoms with Crippen molar-refractivity contribution >= 4 is 33.3 Å². The summed E-state index contributed by atoms with van der Waals surface area (Å²) in [5, 5.41) is 8.98. The Balaban J connectivity index is 2.55. The lowest BCUT2D eigenvalue weighted by molar-refractivity contribution is -0.179. The Bertz CT molecular complexity index is 955. The Morgan fingerprint density at radius 3 is 2.37 bits per heavy atom. The van der Waals surface area contributed by atoms with Crippen molar-refractivity contribution in [2.75, 3.05) is 22.9 Å². The number of anilines is 2. The quantitative estimate of drug-likeness (QED) is 0.767. The summed E-state index contributed by atoms with van der Waals surface area (Å²) in [6, 6.07) is -1.01. The summed E-state index contributed by atoms with van der Waals surface area (Å²) in [4.78, 5) is 24.8. The van der Waals surface area contributed by atoms with Crippen LogP contribution in [0.3, 0.4) is 0 Å². The molecule has 0 bridgehead atoms. The predicted molar refractivity (Wildman–Crippen MR) is 84.7 cm³/mol. The van der Waals surface area contributed by atoms with Gasteiger partial charge in [-0.25, -0.2) is 22.5 Å². The summed E-state index contributed by atoms with van der Waals surface area (Å²) in [6.07, 6.45) is -5.26. The van der Waals surface area contributed by atoms with Crippen molar-refractivity contribution < 1.29 is 35.6 Å². The van der Waals surface area contributed by atoms with Gasteiger partial charge in [-0.2, -0.15) is 18.4 Å². The molecule has 13 heteroatoms. The van der Waals surface area contributed by atoms with Crippen molar-refractivity contribution in [1.82, 2.24) is 4.90 Å². The summed E-state index contributed by atoms with van der Waals surface area (Å²) in [5.74, 6) is -2.58. The van der Waals surface area contributed by atoms with Crippen LogP contribution in [-0.2, 0) is 14.8 Å². The lowest BCUT2D eigenvalue weighted by Crippen LogP contribution is -2.60. The third kappa shape index (κ3) is 4.11. The molecule has 27 heavy (non-hydrogen) atoms. The highest BCUT2D eigenvalue weighted by Crippen LogP contribution is 2.35. The molecule has 0 aliphatic carbocycles. The molecule has 0 saturated carbocycles. The normalized spacial score (nSPS) is 18.5. The van der Waals surface area contributed by atoms with Crippen molar-refractivity contribution in [2.24, 2.45) is 0 Å². The second-order valence-electron chi connectivity index (χ2n) is 5.72. The van der Waals surface area contributed by atoms with E-state index in [0.717, 1.165) is 13.3 Å². The van der Waals surface area contributed by atoms with Gasteiger partial charge in [0.25, 0.3) is 0 Å². The topological polar surface area (TPSA) is 111 Å². The first-order valence-electron chi connectivity index (χ1n) is 7.14. The first kappa shape index (κ1) is 20.4. The molecule has 0 aromatic heterocycles. The van der Waals surface area contributed by atoms with Crippen LogP contribution in [0.1, 0.15) is 12.0 Å². The minimum atomic E-state index is -4.86. The molecule has 1 aliphatic rings. The molecule has 1 aromatic carbocycles. The molecular formula is C14H12F4N4O4S. The SMILES string of the molecule is CN1C(=O)N(c2cc(NS(C)(=O)=O)c(C#N)cc2F)C(=O)CC1C(F)(F)F. The molecule has 1 atom stereocenters. The second-order valence-corrected chi connectivity index (χ2v) is 7.47. The van der Waals surface area contributed by atoms with Gasteiger partial charge in [-0.15, -0.1) is 0 Å². The van der Waals surface area contributed by atoms with Gasteiger partial charge in [0.2, 0.25) is 15.9 Å². The standard InChI is InChI=1S/C14H12F4N4O4S/c1-21-11(14(16,17)18)5-12(23)22(13(21)24)10-4-9(20-27(2,25)26)7(6-19)3-8(10)15/h3-4,11,20H,5H2,1-2H3. The molecule has 1 heterocycles. The largest absolute Gasteiger partial charge is 0.409 e. The number of hydrogen-bond acceptors (Lipinski definition) is 5. The maximum atomic E-state index is 14.3. The van der Waals surface area contributed by atoms with Crippen LogP contribution >= 0.6 is 0 Å². The zero-order chi connectivity index (χ0) is 20.7. The van der Waals surface area contributed by atoms with Gasteiger partial charge in [-0.1, -0.05) is 0 Å². The average Bonchev–Trinajstić information content (AvgIpc) is 2.51. The molecule has 1 unspecified atom stereocenters. The average molecular weight is 408 g/mol. The van der Waals surface area contributed by atoms with Crippen LogP contribution in [0.2, 0.25) is 0 Å². The Kier molecular flexibility index (Phi) is 5.06. The molecule has 1 aliphatic heterocycles. The zero-order valence-corrected chi connectivity index (χ0v) is 14.7. The molecule has 1 N–H and O–H groups in total. The van der Waals surface area contributed by atoms with Crippen LogP contribution < -0.4 is 9.62 Å². The fourth-order valence-corrected chi connectivity index (χ4v) is 3.04. The lowest BCUT2D eigenvalue weighted by Gasteiger charge is -2.38. The fraction of sp³-hybridized carbons (Fsp3) is 0.357. The molecule has 0 spiro atoms. The number of carbonyl (C=O) groups excluding carboxylic acids is 2. The van der Waals surface area contributed by atoms with Crippen LogP contribution in [-0.4, -0.2) is 50.8 Å². The van der Waals surface area contributed by atoms with Gasteiger partial charge in [0.05, 0.1) is 29.6 Å². The number of urea groups is 1. The molecule has 8 nitrogen and oxygen atoms in total. The number of carbonyl (C=O) groups is 2. The fourth-order valence-electron chi connectivity index (χ4n) is 2.47. The number of alkyl halides is 3. The first-order chi connectivity index (χ1) is 12.3. The second kappa shape index (κ2) is 6.69. The highest BCUT2D eigenvalue weighted by Gasteiger charge is 2.51. The summed E-state index contributed by atoms with van der Waals surface area (Å²) < 4.78 is 77.8. The number of nitriles is 1. The van der Waals surface area contributed by atoms with E-state index in [0.29, 0.717) is 12.1 Å². The third-order valence-corrected chi connectivity index (χ3v) is 4.29. The monoisotopic (exact) mass is 408 g/mol. The van der Waals surface area contributed by atoms with E-state index in [1.54, 1.807) is 0 Å². The number of amides is 3. The van der Waals surface area contributed by atoms with Crippen LogP contribution in [0, 0.1) is 17.1 Å². The van der Waals surface area contributed by atoms with Crippen molar-refractivity contribution in [3.63, 3.8) is 0 Å². The molecular weight excluding hydrogens is 396 g/mol. The molecule has 1 aromatic rings. The van der Waals surface area contributed by atoms with E-state index in [-0.39, 0.29) is 9.80 Å². The van der Waals surface area contributed by atoms with Crippen LogP contribution in [0.15, 0.2) is 12.1 Å². The van der Waals surface area contributed by atoms with E-state index in [2.05, 4.69) is 0 Å². The minimum absolute atomic E-state index is 0.173. The number of nitrogens with one attached hydrogen (secondary N) is 1. The minimum Gasteiger partial charge on any atom is -0.314 e. The first-order valence-corrected chi connectivity index (χ1v) is 9.03. The number of rotatable bonds is 3. The highest BCUT2D eigenvalue weighted by atomic mass is 32.2. The molecule has 2 rings (SSSR count). The van der Waals surface area contributed by atoms with Gasteiger partial charge >= 0.3 is 12.2 Å². The Hall–Kier alpha value is -2.88. The number of benzene rings is 1. The lowest BCUT2D eigenvalue weighted by atomic mass is 10.1. The smallest absolute Gasteiger partial charge is 0.314 e. The highest BCUT2D eigenvalue weighted by molar-refractivity contribution is 7.92. The van der Waals surface area contributed by atoms with Crippen molar-refractivity contribution in [2.45, 2.75) is 18.6 Å². The summed E-state index contributed by atoms with van der Waals surface area (Å²) in [7, 11) is -3.10. The number of nitrogens with zero attached hydrogens (tertiary/aromatic N) is 3. The van der Waals surface area contributed by atoms with Crippen LogP contribution in [0.4, 0.5) is 33.7 Å². The van der Waals surface area contributed by atoms with Crippen molar-refractivity contribution in [3.8, 4) is 6.07 Å². The molecule has 1 fully saturated rings. The van der Waals surface area contributed by atoms with Crippen molar-refractivity contribution in [3.05, 3.63) is 23.5 Å². The summed E-state index contributed by atoms with van der Waals surface area (Å²) >= 11 is 0. The van der Waals surface area contributed by atoms with E-state index >= 15 is 0 Å². The van der Waals surface area contributed by atoms with Gasteiger partial charge in [0.1, 0.15) is 17.9 Å². The van der Waals surface area contributed by atoms with Gasteiger partial charge in [-0.3, -0.25) is 9.52 Å². The maximum absolute atomic E-state index is 14.3. The number of halogens is 4. The summed E-state index contributed by atoms with van der Waals surface area (Å²) in [6.45, 7) is 0. The van der Waals surface area contributed by atoms with Gasteiger partial charge in [-0.05, 0) is 12.1 Å². The van der Waals surface area contributed by atoms with Crippen LogP contribution in [0.25, 0.3) is 0 Å². The molecule has 146 valence electrons. The summed E-state index contributed by atoms with van der Waals surface area (Å²) in [5.41, 5.74) is -1.65. The Labute approximate surface area is 151 Å². The van der Waals surface area contributed by atoms with E-state index in [4.69, 9.17) is 5.26 Å². The number of sulfonamides is 1. The van der Waals surface area contributed by atoms with Crippen molar-refractivity contribution in [1.29, 1.82) is 5.26 Å². The van der Waals surface area contributed by atoms with E-state index < -0.39 is 63.4 Å². The Morgan fingerprint density at radius 2 is 1.89 bits per heavy atom. The number of imide groups is 1. The van der Waals surface area contributed by atoms with Crippen LogP contribution in [0.5, 0.6) is 0 Å². The zero-order valence-electron chi connectivity index (χ0n) is 13.8. The number of hydrogen-bond donors (Lipinski definition) is 1. The van der Waals surface area contributed by atoms with Gasteiger partial charge in [0, 0.05) is 7.05 Å². The van der Waals surface area contributed by atoms with E-state index in [1.165, 1.54) is 6.07 Å². The predicted octanol–water partition coefficient (Wildman–Crippen LogP) is 1.79. The maximum Gasteiger partial charge on any atom is 0.409 e. The van der Waals surface area contributed by atoms with Gasteiger partial charge in [0.15, 0.2) is 0 Å². The molecule has 3 amide bonds. The van der Waals surface area contributed by atoms with E-state index in [1.807, 2.05) is 4.72 Å².